The van der Waals surface area contributed by atoms with E-state index in [0.29, 0.717) is 0 Å². The molecular weight excluding hydrogens is 226 g/mol. The Hall–Kier alpha value is -0.610. The van der Waals surface area contributed by atoms with Gasteiger partial charge in [0, 0.05) is 13.1 Å². The highest BCUT2D eigenvalue weighted by Gasteiger charge is 2.23. The predicted molar refractivity (Wildman–Crippen MR) is 73.5 cm³/mol. The topological polar surface area (TPSA) is 35.6 Å². The van der Waals surface area contributed by atoms with Crippen LogP contribution in [-0.4, -0.2) is 62.0 Å². The van der Waals surface area contributed by atoms with Gasteiger partial charge in [-0.15, -0.1) is 0 Å². The summed E-state index contributed by atoms with van der Waals surface area (Å²) in [7, 11) is 2.10. The Morgan fingerprint density at radius 3 is 2.72 bits per heavy atom. The van der Waals surface area contributed by atoms with Crippen LogP contribution in [-0.2, 0) is 4.79 Å². The molecule has 2 saturated heterocycles. The van der Waals surface area contributed by atoms with Crippen LogP contribution in [0, 0.1) is 5.92 Å². The van der Waals surface area contributed by atoms with Gasteiger partial charge in [0.15, 0.2) is 0 Å². The molecule has 0 aliphatic carbocycles. The predicted octanol–water partition coefficient (Wildman–Crippen LogP) is 0.930. The number of likely N-dealkylation sites (tertiary alicyclic amines) is 2. The van der Waals surface area contributed by atoms with Gasteiger partial charge in [0.05, 0.1) is 5.92 Å². The van der Waals surface area contributed by atoms with Crippen molar-refractivity contribution in [2.75, 3.05) is 46.3 Å². The number of carbonyl (C=O) groups excluding carboxylic acids is 1. The SMILES string of the molecule is CN1CCCC(C(=O)NCCCN2CCCC2)C1. The molecule has 1 unspecified atom stereocenters. The summed E-state index contributed by atoms with van der Waals surface area (Å²) in [6.07, 6.45) is 6.00. The van der Waals surface area contributed by atoms with Crippen LogP contribution in [0.4, 0.5) is 0 Å². The third kappa shape index (κ3) is 4.25. The molecule has 4 nitrogen and oxygen atoms in total. The minimum absolute atomic E-state index is 0.218. The van der Waals surface area contributed by atoms with Gasteiger partial charge in [-0.3, -0.25) is 4.79 Å². The Labute approximate surface area is 111 Å². The number of nitrogens with zero attached hydrogens (tertiary/aromatic N) is 2. The largest absolute Gasteiger partial charge is 0.356 e. The Balaban J connectivity index is 1.56. The van der Waals surface area contributed by atoms with Gasteiger partial charge in [0.2, 0.25) is 5.91 Å². The molecule has 1 atom stereocenters. The lowest BCUT2D eigenvalue weighted by atomic mass is 9.97. The lowest BCUT2D eigenvalue weighted by Crippen LogP contribution is -2.42. The third-order valence-corrected chi connectivity index (χ3v) is 4.14. The van der Waals surface area contributed by atoms with Crippen LogP contribution in [0.1, 0.15) is 32.1 Å². The molecule has 0 aromatic carbocycles. The zero-order chi connectivity index (χ0) is 12.8. The van der Waals surface area contributed by atoms with E-state index >= 15 is 0 Å². The van der Waals surface area contributed by atoms with Crippen LogP contribution < -0.4 is 5.32 Å². The molecule has 2 fully saturated rings. The molecule has 0 bridgehead atoms. The molecule has 0 aromatic heterocycles. The third-order valence-electron chi connectivity index (χ3n) is 4.14. The first-order valence-electron chi connectivity index (χ1n) is 7.44. The Morgan fingerprint density at radius 2 is 2.00 bits per heavy atom. The van der Waals surface area contributed by atoms with E-state index in [1.165, 1.54) is 25.9 Å². The van der Waals surface area contributed by atoms with Crippen molar-refractivity contribution in [3.63, 3.8) is 0 Å². The van der Waals surface area contributed by atoms with Crippen LogP contribution in [0.5, 0.6) is 0 Å². The summed E-state index contributed by atoms with van der Waals surface area (Å²) < 4.78 is 0. The Bertz CT molecular complexity index is 264. The first kappa shape index (κ1) is 13.8. The van der Waals surface area contributed by atoms with Gasteiger partial charge in [-0.25, -0.2) is 0 Å². The average Bonchev–Trinajstić information content (AvgIpc) is 2.87. The van der Waals surface area contributed by atoms with E-state index < -0.39 is 0 Å². The second-order valence-electron chi connectivity index (χ2n) is 5.79. The molecule has 18 heavy (non-hydrogen) atoms. The molecule has 2 rings (SSSR count). The lowest BCUT2D eigenvalue weighted by molar-refractivity contribution is -0.126. The quantitative estimate of drug-likeness (QED) is 0.740. The minimum Gasteiger partial charge on any atom is -0.356 e. The molecule has 0 spiro atoms. The van der Waals surface area contributed by atoms with Gasteiger partial charge in [-0.2, -0.15) is 0 Å². The molecule has 2 aliphatic heterocycles. The first-order valence-corrected chi connectivity index (χ1v) is 7.44. The van der Waals surface area contributed by atoms with E-state index in [0.717, 1.165) is 45.4 Å². The Morgan fingerprint density at radius 1 is 1.22 bits per heavy atom. The monoisotopic (exact) mass is 253 g/mol. The lowest BCUT2D eigenvalue weighted by Gasteiger charge is -2.28. The van der Waals surface area contributed by atoms with Crippen molar-refractivity contribution in [2.45, 2.75) is 32.1 Å². The highest BCUT2D eigenvalue weighted by molar-refractivity contribution is 5.78. The fraction of sp³-hybridized carbons (Fsp3) is 0.929. The molecule has 104 valence electrons. The van der Waals surface area contributed by atoms with Crippen LogP contribution in [0.3, 0.4) is 0 Å². The molecule has 2 aliphatic rings. The average molecular weight is 253 g/mol. The van der Waals surface area contributed by atoms with E-state index in [4.69, 9.17) is 0 Å². The maximum absolute atomic E-state index is 12.0. The van der Waals surface area contributed by atoms with Crippen LogP contribution >= 0.6 is 0 Å². The first-order chi connectivity index (χ1) is 8.75. The van der Waals surface area contributed by atoms with Crippen molar-refractivity contribution < 1.29 is 4.79 Å². The zero-order valence-corrected chi connectivity index (χ0v) is 11.7. The van der Waals surface area contributed by atoms with Crippen LogP contribution in [0.25, 0.3) is 0 Å². The second-order valence-corrected chi connectivity index (χ2v) is 5.79. The number of carbonyl (C=O) groups is 1. The van der Waals surface area contributed by atoms with E-state index in [1.54, 1.807) is 0 Å². The maximum Gasteiger partial charge on any atom is 0.224 e. The number of amides is 1. The zero-order valence-electron chi connectivity index (χ0n) is 11.7. The van der Waals surface area contributed by atoms with Crippen molar-refractivity contribution in [3.8, 4) is 0 Å². The number of nitrogens with one attached hydrogen (secondary N) is 1. The summed E-state index contributed by atoms with van der Waals surface area (Å²) in [6, 6.07) is 0. The second kappa shape index (κ2) is 7.10. The van der Waals surface area contributed by atoms with Gasteiger partial charge < -0.3 is 15.1 Å². The van der Waals surface area contributed by atoms with E-state index in [9.17, 15) is 4.79 Å². The van der Waals surface area contributed by atoms with Crippen molar-refractivity contribution in [3.05, 3.63) is 0 Å². The molecule has 0 saturated carbocycles. The normalized spacial score (nSPS) is 26.4. The number of piperidine rings is 1. The summed E-state index contributed by atoms with van der Waals surface area (Å²) in [5.74, 6) is 0.485. The number of rotatable bonds is 5. The fourth-order valence-corrected chi connectivity index (χ4v) is 3.05. The summed E-state index contributed by atoms with van der Waals surface area (Å²) >= 11 is 0. The van der Waals surface area contributed by atoms with Crippen molar-refractivity contribution in [1.82, 2.24) is 15.1 Å². The molecule has 1 N–H and O–H groups in total. The highest BCUT2D eigenvalue weighted by atomic mass is 16.1. The van der Waals surface area contributed by atoms with Gasteiger partial charge >= 0.3 is 0 Å². The summed E-state index contributed by atoms with van der Waals surface area (Å²) in [4.78, 5) is 16.8. The number of hydrogen-bond donors (Lipinski definition) is 1. The van der Waals surface area contributed by atoms with Crippen molar-refractivity contribution >= 4 is 5.91 Å². The summed E-state index contributed by atoms with van der Waals surface area (Å²) in [5.41, 5.74) is 0. The van der Waals surface area contributed by atoms with Gasteiger partial charge in [0.25, 0.3) is 0 Å². The molecule has 4 heteroatoms. The van der Waals surface area contributed by atoms with Gasteiger partial charge in [-0.1, -0.05) is 0 Å². The summed E-state index contributed by atoms with van der Waals surface area (Å²) in [6.45, 7) is 6.56. The van der Waals surface area contributed by atoms with Gasteiger partial charge in [-0.05, 0) is 65.3 Å². The molecule has 1 amide bonds. The highest BCUT2D eigenvalue weighted by Crippen LogP contribution is 2.14. The standard InChI is InChI=1S/C14H27N3O/c1-16-8-4-6-13(12-16)14(18)15-7-5-11-17-9-2-3-10-17/h13H,2-12H2,1H3,(H,15,18). The molecule has 2 heterocycles. The minimum atomic E-state index is 0.218. The van der Waals surface area contributed by atoms with E-state index in [2.05, 4.69) is 22.2 Å². The van der Waals surface area contributed by atoms with E-state index in [1.807, 2.05) is 0 Å². The fourth-order valence-electron chi connectivity index (χ4n) is 3.05. The summed E-state index contributed by atoms with van der Waals surface area (Å²) in [5, 5.41) is 3.10. The van der Waals surface area contributed by atoms with Crippen molar-refractivity contribution in [1.29, 1.82) is 0 Å². The van der Waals surface area contributed by atoms with Crippen LogP contribution in [0.15, 0.2) is 0 Å². The number of hydrogen-bond acceptors (Lipinski definition) is 3. The molecular formula is C14H27N3O. The smallest absolute Gasteiger partial charge is 0.224 e. The Kier molecular flexibility index (Phi) is 5.45. The molecule has 0 radical (unpaired) electrons. The maximum atomic E-state index is 12.0. The molecule has 0 aromatic rings. The van der Waals surface area contributed by atoms with Crippen LogP contribution in [0.2, 0.25) is 0 Å². The van der Waals surface area contributed by atoms with E-state index in [-0.39, 0.29) is 11.8 Å². The van der Waals surface area contributed by atoms with Gasteiger partial charge in [0.1, 0.15) is 0 Å². The van der Waals surface area contributed by atoms with Crippen molar-refractivity contribution in [2.24, 2.45) is 5.92 Å².